The standard InChI is InChI=1S/C12H17N3O2/c1-12(17,7-13)8-4-5-9-10(6-8)15(3)11(16)14(9)2/h4-6,17H,7,13H2,1-3H3. The summed E-state index contributed by atoms with van der Waals surface area (Å²) in [4.78, 5) is 11.8. The van der Waals surface area contributed by atoms with E-state index in [1.807, 2.05) is 12.1 Å². The van der Waals surface area contributed by atoms with Crippen LogP contribution in [0.3, 0.4) is 0 Å². The molecule has 0 aliphatic carbocycles. The van der Waals surface area contributed by atoms with Crippen molar-refractivity contribution in [2.75, 3.05) is 6.54 Å². The third kappa shape index (κ3) is 1.67. The van der Waals surface area contributed by atoms with Crippen LogP contribution in [0, 0.1) is 0 Å². The van der Waals surface area contributed by atoms with Crippen LogP contribution in [0.4, 0.5) is 0 Å². The molecule has 0 spiro atoms. The summed E-state index contributed by atoms with van der Waals surface area (Å²) in [7, 11) is 3.44. The van der Waals surface area contributed by atoms with Crippen molar-refractivity contribution < 1.29 is 5.11 Å². The molecule has 17 heavy (non-hydrogen) atoms. The Balaban J connectivity index is 2.75. The van der Waals surface area contributed by atoms with Crippen LogP contribution in [0.5, 0.6) is 0 Å². The fourth-order valence-corrected chi connectivity index (χ4v) is 1.96. The van der Waals surface area contributed by atoms with E-state index in [4.69, 9.17) is 5.73 Å². The lowest BCUT2D eigenvalue weighted by atomic mass is 9.96. The average molecular weight is 235 g/mol. The van der Waals surface area contributed by atoms with Gasteiger partial charge in [-0.1, -0.05) is 6.07 Å². The second-order valence-electron chi connectivity index (χ2n) is 4.58. The molecule has 0 saturated carbocycles. The smallest absolute Gasteiger partial charge is 0.328 e. The Morgan fingerprint density at radius 1 is 1.29 bits per heavy atom. The van der Waals surface area contributed by atoms with E-state index in [9.17, 15) is 9.90 Å². The molecule has 5 nitrogen and oxygen atoms in total. The summed E-state index contributed by atoms with van der Waals surface area (Å²) >= 11 is 0. The maximum atomic E-state index is 11.8. The second kappa shape index (κ2) is 3.72. The van der Waals surface area contributed by atoms with Gasteiger partial charge in [-0.15, -0.1) is 0 Å². The van der Waals surface area contributed by atoms with E-state index < -0.39 is 5.60 Å². The topological polar surface area (TPSA) is 73.2 Å². The van der Waals surface area contributed by atoms with E-state index in [0.717, 1.165) is 11.0 Å². The fraction of sp³-hybridized carbons (Fsp3) is 0.417. The van der Waals surface area contributed by atoms with E-state index in [1.165, 1.54) is 0 Å². The molecule has 0 radical (unpaired) electrons. The number of aliphatic hydroxyl groups is 1. The number of benzene rings is 1. The third-order valence-electron chi connectivity index (χ3n) is 3.29. The van der Waals surface area contributed by atoms with Crippen LogP contribution < -0.4 is 11.4 Å². The second-order valence-corrected chi connectivity index (χ2v) is 4.58. The van der Waals surface area contributed by atoms with Gasteiger partial charge in [0, 0.05) is 20.6 Å². The first-order valence-electron chi connectivity index (χ1n) is 5.47. The number of aromatic nitrogens is 2. The van der Waals surface area contributed by atoms with E-state index >= 15 is 0 Å². The minimum absolute atomic E-state index is 0.0791. The summed E-state index contributed by atoms with van der Waals surface area (Å²) in [6.45, 7) is 1.80. The summed E-state index contributed by atoms with van der Waals surface area (Å²) < 4.78 is 3.14. The Labute approximate surface area is 99.1 Å². The quantitative estimate of drug-likeness (QED) is 0.772. The van der Waals surface area contributed by atoms with E-state index in [0.29, 0.717) is 5.56 Å². The molecule has 2 rings (SSSR count). The van der Waals surface area contributed by atoms with Gasteiger partial charge in [-0.2, -0.15) is 0 Å². The van der Waals surface area contributed by atoms with Gasteiger partial charge in [-0.05, 0) is 24.6 Å². The van der Waals surface area contributed by atoms with Crippen LogP contribution in [0.25, 0.3) is 11.0 Å². The number of fused-ring (bicyclic) bond motifs is 1. The summed E-state index contributed by atoms with van der Waals surface area (Å²) in [5.74, 6) is 0. The van der Waals surface area contributed by atoms with Crippen molar-refractivity contribution in [1.82, 2.24) is 9.13 Å². The molecule has 0 fully saturated rings. The molecule has 0 amide bonds. The van der Waals surface area contributed by atoms with Crippen molar-refractivity contribution in [2.24, 2.45) is 19.8 Å². The van der Waals surface area contributed by atoms with Crippen molar-refractivity contribution >= 4 is 11.0 Å². The molecule has 3 N–H and O–H groups in total. The predicted octanol–water partition coefficient (Wildman–Crippen LogP) is 0.0432. The van der Waals surface area contributed by atoms with E-state index in [2.05, 4.69) is 0 Å². The maximum Gasteiger partial charge on any atom is 0.328 e. The van der Waals surface area contributed by atoms with Gasteiger partial charge in [0.1, 0.15) is 0 Å². The largest absolute Gasteiger partial charge is 0.384 e. The summed E-state index contributed by atoms with van der Waals surface area (Å²) in [5, 5.41) is 10.1. The summed E-state index contributed by atoms with van der Waals surface area (Å²) in [5.41, 5.74) is 6.74. The number of hydrogen-bond acceptors (Lipinski definition) is 3. The predicted molar refractivity (Wildman–Crippen MR) is 66.8 cm³/mol. The highest BCUT2D eigenvalue weighted by atomic mass is 16.3. The van der Waals surface area contributed by atoms with Crippen LogP contribution >= 0.6 is 0 Å². The van der Waals surface area contributed by atoms with Gasteiger partial charge >= 0.3 is 5.69 Å². The molecule has 2 aromatic rings. The fourth-order valence-electron chi connectivity index (χ4n) is 1.96. The lowest BCUT2D eigenvalue weighted by Crippen LogP contribution is -2.31. The molecule has 1 atom stereocenters. The number of rotatable bonds is 2. The highest BCUT2D eigenvalue weighted by Gasteiger charge is 2.22. The van der Waals surface area contributed by atoms with Gasteiger partial charge in [0.05, 0.1) is 16.6 Å². The molecule has 0 aliphatic heterocycles. The molecule has 5 heteroatoms. The van der Waals surface area contributed by atoms with Crippen LogP contribution in [0.1, 0.15) is 12.5 Å². The number of nitrogens with two attached hydrogens (primary N) is 1. The zero-order valence-electron chi connectivity index (χ0n) is 10.3. The molecule has 92 valence electrons. The number of nitrogens with zero attached hydrogens (tertiary/aromatic N) is 2. The van der Waals surface area contributed by atoms with Crippen molar-refractivity contribution in [3.63, 3.8) is 0 Å². The van der Waals surface area contributed by atoms with Gasteiger partial charge in [-0.3, -0.25) is 9.13 Å². The maximum absolute atomic E-state index is 11.8. The molecule has 0 aliphatic rings. The number of imidazole rings is 1. The van der Waals surface area contributed by atoms with Crippen LogP contribution in [-0.4, -0.2) is 20.8 Å². The Bertz CT molecular complexity index is 622. The van der Waals surface area contributed by atoms with Crippen molar-refractivity contribution in [1.29, 1.82) is 0 Å². The third-order valence-corrected chi connectivity index (χ3v) is 3.29. The number of hydrogen-bond donors (Lipinski definition) is 2. The minimum atomic E-state index is -1.07. The zero-order valence-corrected chi connectivity index (χ0v) is 10.3. The average Bonchev–Trinajstić information content (AvgIpc) is 2.54. The molecule has 1 aromatic heterocycles. The number of aryl methyl sites for hydroxylation is 2. The molecular weight excluding hydrogens is 218 g/mol. The molecule has 1 heterocycles. The molecule has 1 aromatic carbocycles. The van der Waals surface area contributed by atoms with Gasteiger partial charge < -0.3 is 10.8 Å². The zero-order chi connectivity index (χ0) is 12.8. The summed E-state index contributed by atoms with van der Waals surface area (Å²) in [6, 6.07) is 5.44. The van der Waals surface area contributed by atoms with E-state index in [1.54, 1.807) is 36.2 Å². The monoisotopic (exact) mass is 235 g/mol. The van der Waals surface area contributed by atoms with Gasteiger partial charge in [0.25, 0.3) is 0 Å². The SMILES string of the molecule is Cn1c(=O)n(C)c2cc(C(C)(O)CN)ccc21. The highest BCUT2D eigenvalue weighted by Crippen LogP contribution is 2.23. The van der Waals surface area contributed by atoms with Crippen LogP contribution in [-0.2, 0) is 19.7 Å². The first-order chi connectivity index (χ1) is 7.88. The summed E-state index contributed by atoms with van der Waals surface area (Å²) in [6.07, 6.45) is 0. The Hall–Kier alpha value is -1.59. The Kier molecular flexibility index (Phi) is 2.60. The van der Waals surface area contributed by atoms with Gasteiger partial charge in [-0.25, -0.2) is 4.79 Å². The van der Waals surface area contributed by atoms with Crippen molar-refractivity contribution in [2.45, 2.75) is 12.5 Å². The molecule has 0 saturated heterocycles. The van der Waals surface area contributed by atoms with Crippen LogP contribution in [0.2, 0.25) is 0 Å². The normalized spacial score (nSPS) is 15.1. The van der Waals surface area contributed by atoms with Crippen molar-refractivity contribution in [3.8, 4) is 0 Å². The Morgan fingerprint density at radius 3 is 2.47 bits per heavy atom. The highest BCUT2D eigenvalue weighted by molar-refractivity contribution is 5.77. The molecule has 1 unspecified atom stereocenters. The lowest BCUT2D eigenvalue weighted by Gasteiger charge is -2.21. The minimum Gasteiger partial charge on any atom is -0.384 e. The first kappa shape index (κ1) is 11.9. The Morgan fingerprint density at radius 2 is 1.88 bits per heavy atom. The van der Waals surface area contributed by atoms with Crippen molar-refractivity contribution in [3.05, 3.63) is 34.2 Å². The molecular formula is C12H17N3O2. The first-order valence-corrected chi connectivity index (χ1v) is 5.47. The van der Waals surface area contributed by atoms with E-state index in [-0.39, 0.29) is 12.2 Å². The van der Waals surface area contributed by atoms with Gasteiger partial charge in [0.15, 0.2) is 0 Å². The molecule has 0 bridgehead atoms. The lowest BCUT2D eigenvalue weighted by molar-refractivity contribution is 0.0669. The van der Waals surface area contributed by atoms with Gasteiger partial charge in [0.2, 0.25) is 0 Å². The van der Waals surface area contributed by atoms with Crippen LogP contribution in [0.15, 0.2) is 23.0 Å².